The van der Waals surface area contributed by atoms with Crippen molar-refractivity contribution in [1.29, 1.82) is 0 Å². The molecule has 26 heavy (non-hydrogen) atoms. The molecule has 0 unspecified atom stereocenters. The van der Waals surface area contributed by atoms with E-state index in [9.17, 15) is 0 Å². The van der Waals surface area contributed by atoms with Crippen LogP contribution in [0.2, 0.25) is 0 Å². The van der Waals surface area contributed by atoms with Crippen molar-refractivity contribution in [3.63, 3.8) is 0 Å². The van der Waals surface area contributed by atoms with Gasteiger partial charge in [-0.1, -0.05) is 78.9 Å². The first-order valence-corrected chi connectivity index (χ1v) is 9.01. The van der Waals surface area contributed by atoms with E-state index >= 15 is 0 Å². The second kappa shape index (κ2) is 5.89. The van der Waals surface area contributed by atoms with Gasteiger partial charge in [-0.3, -0.25) is 0 Å². The summed E-state index contributed by atoms with van der Waals surface area (Å²) in [5, 5.41) is 5.15. The number of hydrogen-bond acceptors (Lipinski definition) is 0. The Morgan fingerprint density at radius 1 is 0.654 bits per heavy atom. The molecule has 0 saturated heterocycles. The lowest BCUT2D eigenvalue weighted by atomic mass is 10.1. The highest BCUT2D eigenvalue weighted by Gasteiger charge is 2.14. The number of aromatic nitrogens is 1. The number of fused-ring (bicyclic) bond motifs is 4. The van der Waals surface area contributed by atoms with Crippen LogP contribution in [0.3, 0.4) is 0 Å². The fourth-order valence-corrected chi connectivity index (χ4v) is 3.95. The molecule has 0 radical (unpaired) electrons. The lowest BCUT2D eigenvalue weighted by Crippen LogP contribution is -1.98. The second-order valence-electron chi connectivity index (χ2n) is 6.61. The summed E-state index contributed by atoms with van der Waals surface area (Å²) in [7, 11) is 0. The maximum atomic E-state index is 2.40. The Labute approximate surface area is 152 Å². The van der Waals surface area contributed by atoms with Crippen LogP contribution < -0.4 is 0 Å². The summed E-state index contributed by atoms with van der Waals surface area (Å²) in [6, 6.07) is 32.5. The van der Waals surface area contributed by atoms with Crippen molar-refractivity contribution < 1.29 is 0 Å². The van der Waals surface area contributed by atoms with Crippen molar-refractivity contribution in [2.24, 2.45) is 0 Å². The molecule has 0 spiro atoms. The minimum absolute atomic E-state index is 1.21. The van der Waals surface area contributed by atoms with Gasteiger partial charge in [0.15, 0.2) is 0 Å². The number of hydrogen-bond donors (Lipinski definition) is 0. The molecule has 0 amide bonds. The molecule has 5 rings (SSSR count). The summed E-state index contributed by atoms with van der Waals surface area (Å²) in [4.78, 5) is 0. The van der Waals surface area contributed by atoms with E-state index in [0.717, 1.165) is 0 Å². The van der Waals surface area contributed by atoms with Crippen LogP contribution in [0.25, 0.3) is 38.3 Å². The zero-order valence-corrected chi connectivity index (χ0v) is 14.7. The van der Waals surface area contributed by atoms with E-state index in [2.05, 4.69) is 109 Å². The van der Waals surface area contributed by atoms with Gasteiger partial charge in [-0.15, -0.1) is 0 Å². The Hall–Kier alpha value is -3.32. The molecule has 0 N–H and O–H groups in total. The van der Waals surface area contributed by atoms with E-state index < -0.39 is 0 Å². The van der Waals surface area contributed by atoms with Gasteiger partial charge in [0.05, 0.1) is 11.0 Å². The van der Waals surface area contributed by atoms with E-state index in [1.165, 1.54) is 43.8 Å². The average Bonchev–Trinajstić information content (AvgIpc) is 3.02. The number of para-hydroxylation sites is 1. The molecule has 0 fully saturated rings. The van der Waals surface area contributed by atoms with Gasteiger partial charge in [-0.25, -0.2) is 0 Å². The largest absolute Gasteiger partial charge is 0.309 e. The topological polar surface area (TPSA) is 4.93 Å². The van der Waals surface area contributed by atoms with E-state index in [-0.39, 0.29) is 0 Å². The predicted molar refractivity (Wildman–Crippen MR) is 112 cm³/mol. The third-order valence-corrected chi connectivity index (χ3v) is 5.12. The molecule has 124 valence electrons. The molecule has 0 aliphatic carbocycles. The summed E-state index contributed by atoms with van der Waals surface area (Å²) in [5.74, 6) is 0. The molecular weight excluding hydrogens is 314 g/mol. The second-order valence-corrected chi connectivity index (χ2v) is 6.61. The molecule has 0 atom stereocenters. The molecule has 1 nitrogen and oxygen atoms in total. The third-order valence-electron chi connectivity index (χ3n) is 5.12. The number of benzene rings is 4. The molecule has 0 bridgehead atoms. The van der Waals surface area contributed by atoms with Gasteiger partial charge in [0.1, 0.15) is 0 Å². The molecule has 0 aliphatic heterocycles. The van der Waals surface area contributed by atoms with Crippen LogP contribution in [0.5, 0.6) is 0 Å². The molecule has 1 heterocycles. The van der Waals surface area contributed by atoms with Crippen LogP contribution in [0.15, 0.2) is 97.1 Å². The Morgan fingerprint density at radius 3 is 2.08 bits per heavy atom. The Bertz CT molecular complexity index is 1270. The summed E-state index contributed by atoms with van der Waals surface area (Å²) in [5.41, 5.74) is 4.94. The SMILES string of the molecule is C/C=C(\c1ccccc1)n1c2ccccc2c2cc3ccccc3cc21. The monoisotopic (exact) mass is 333 g/mol. The van der Waals surface area contributed by atoms with Gasteiger partial charge in [-0.05, 0) is 41.5 Å². The fourth-order valence-electron chi connectivity index (χ4n) is 3.95. The Balaban J connectivity index is 1.95. The highest BCUT2D eigenvalue weighted by Crippen LogP contribution is 2.36. The molecule has 1 heteroatoms. The quantitative estimate of drug-likeness (QED) is 0.333. The van der Waals surface area contributed by atoms with Crippen LogP contribution in [0, 0.1) is 0 Å². The van der Waals surface area contributed by atoms with Crippen LogP contribution in [-0.4, -0.2) is 4.57 Å². The third kappa shape index (κ3) is 2.18. The molecular formula is C25H19N. The van der Waals surface area contributed by atoms with Crippen molar-refractivity contribution in [1.82, 2.24) is 4.57 Å². The highest BCUT2D eigenvalue weighted by atomic mass is 15.0. The van der Waals surface area contributed by atoms with Gasteiger partial charge >= 0.3 is 0 Å². The lowest BCUT2D eigenvalue weighted by molar-refractivity contribution is 1.21. The lowest BCUT2D eigenvalue weighted by Gasteiger charge is -2.13. The predicted octanol–water partition coefficient (Wildman–Crippen LogP) is 6.86. The molecule has 5 aromatic rings. The van der Waals surface area contributed by atoms with Crippen molar-refractivity contribution in [2.45, 2.75) is 6.92 Å². The molecule has 0 saturated carbocycles. The summed E-state index contributed by atoms with van der Waals surface area (Å²) in [6.45, 7) is 2.12. The maximum Gasteiger partial charge on any atom is 0.0547 e. The van der Waals surface area contributed by atoms with Crippen molar-refractivity contribution in [2.75, 3.05) is 0 Å². The first-order chi connectivity index (χ1) is 12.9. The van der Waals surface area contributed by atoms with Gasteiger partial charge in [0.25, 0.3) is 0 Å². The first-order valence-electron chi connectivity index (χ1n) is 9.01. The van der Waals surface area contributed by atoms with Crippen molar-refractivity contribution in [3.8, 4) is 0 Å². The average molecular weight is 333 g/mol. The molecule has 4 aromatic carbocycles. The van der Waals surface area contributed by atoms with Gasteiger partial charge < -0.3 is 4.57 Å². The van der Waals surface area contributed by atoms with Gasteiger partial charge in [0, 0.05) is 16.5 Å². The minimum atomic E-state index is 1.21. The van der Waals surface area contributed by atoms with Crippen LogP contribution in [0.1, 0.15) is 12.5 Å². The molecule has 1 aromatic heterocycles. The van der Waals surface area contributed by atoms with Crippen molar-refractivity contribution >= 4 is 38.3 Å². The van der Waals surface area contributed by atoms with E-state index in [0.29, 0.717) is 0 Å². The van der Waals surface area contributed by atoms with E-state index in [1.54, 1.807) is 0 Å². The van der Waals surface area contributed by atoms with Crippen LogP contribution in [0.4, 0.5) is 0 Å². The summed E-state index contributed by atoms with van der Waals surface area (Å²) in [6.07, 6.45) is 2.20. The fraction of sp³-hybridized carbons (Fsp3) is 0.0400. The Morgan fingerprint density at radius 2 is 1.31 bits per heavy atom. The smallest absolute Gasteiger partial charge is 0.0547 e. The minimum Gasteiger partial charge on any atom is -0.309 e. The van der Waals surface area contributed by atoms with Crippen LogP contribution in [-0.2, 0) is 0 Å². The zero-order chi connectivity index (χ0) is 17.5. The highest BCUT2D eigenvalue weighted by molar-refractivity contribution is 6.14. The number of nitrogens with zero attached hydrogens (tertiary/aromatic N) is 1. The zero-order valence-electron chi connectivity index (χ0n) is 14.7. The maximum absolute atomic E-state index is 2.40. The van der Waals surface area contributed by atoms with Crippen molar-refractivity contribution in [3.05, 3.63) is 103 Å². The standard InChI is InChI=1S/C25H19N/c1-2-23(18-10-4-3-5-11-18)26-24-15-9-8-14-21(24)22-16-19-12-6-7-13-20(19)17-25(22)26/h2-17H,1H3/b23-2+. The molecule has 0 aliphatic rings. The van der Waals surface area contributed by atoms with Gasteiger partial charge in [-0.2, -0.15) is 0 Å². The number of allylic oxidation sites excluding steroid dienone is 1. The van der Waals surface area contributed by atoms with E-state index in [1.807, 2.05) is 0 Å². The van der Waals surface area contributed by atoms with E-state index in [4.69, 9.17) is 0 Å². The normalized spacial score (nSPS) is 12.3. The first kappa shape index (κ1) is 15.0. The van der Waals surface area contributed by atoms with Gasteiger partial charge in [0.2, 0.25) is 0 Å². The Kier molecular flexibility index (Phi) is 3.39. The summed E-state index contributed by atoms with van der Waals surface area (Å²) >= 11 is 0. The number of rotatable bonds is 2. The summed E-state index contributed by atoms with van der Waals surface area (Å²) < 4.78 is 2.40. The van der Waals surface area contributed by atoms with Crippen LogP contribution >= 0.6 is 0 Å².